The highest BCUT2D eigenvalue weighted by atomic mass is 15.2. The summed E-state index contributed by atoms with van der Waals surface area (Å²) in [5.74, 6) is 0. The van der Waals surface area contributed by atoms with Crippen molar-refractivity contribution in [1.29, 1.82) is 5.26 Å². The summed E-state index contributed by atoms with van der Waals surface area (Å²) in [7, 11) is 4.30. The molecule has 1 aliphatic rings. The van der Waals surface area contributed by atoms with Gasteiger partial charge < -0.3 is 15.5 Å². The molecule has 0 bridgehead atoms. The Labute approximate surface area is 99.0 Å². The second-order valence-electron chi connectivity index (χ2n) is 5.32. The van der Waals surface area contributed by atoms with Crippen molar-refractivity contribution < 1.29 is 0 Å². The first kappa shape index (κ1) is 13.4. The zero-order valence-electron chi connectivity index (χ0n) is 10.7. The Morgan fingerprint density at radius 3 is 2.81 bits per heavy atom. The predicted octanol–water partition coefficient (Wildman–Crippen LogP) is 0.643. The Kier molecular flexibility index (Phi) is 4.72. The molecule has 92 valence electrons. The van der Waals surface area contributed by atoms with Gasteiger partial charge in [-0.15, -0.1) is 0 Å². The van der Waals surface area contributed by atoms with Gasteiger partial charge in [0.25, 0.3) is 0 Å². The Balaban J connectivity index is 2.26. The molecule has 0 spiro atoms. The van der Waals surface area contributed by atoms with Crippen molar-refractivity contribution in [2.24, 2.45) is 5.73 Å². The first-order valence-electron chi connectivity index (χ1n) is 6.03. The number of nitriles is 1. The third-order valence-electron chi connectivity index (χ3n) is 3.46. The maximum absolute atomic E-state index is 8.83. The Morgan fingerprint density at radius 2 is 2.31 bits per heavy atom. The Morgan fingerprint density at radius 1 is 1.62 bits per heavy atom. The second kappa shape index (κ2) is 5.62. The molecule has 1 heterocycles. The van der Waals surface area contributed by atoms with Crippen molar-refractivity contribution in [2.45, 2.75) is 37.8 Å². The van der Waals surface area contributed by atoms with Crippen LogP contribution in [0.4, 0.5) is 0 Å². The van der Waals surface area contributed by atoms with Crippen molar-refractivity contribution in [3.8, 4) is 6.07 Å². The number of likely N-dealkylation sites (N-methyl/N-ethyl adjacent to an activating group) is 2. The summed E-state index contributed by atoms with van der Waals surface area (Å²) < 4.78 is 0. The molecule has 0 saturated carbocycles. The summed E-state index contributed by atoms with van der Waals surface area (Å²) in [6.07, 6.45) is 3.33. The molecule has 1 fully saturated rings. The molecule has 0 aromatic heterocycles. The van der Waals surface area contributed by atoms with E-state index in [1.54, 1.807) is 6.92 Å². The number of likely N-dealkylation sites (tertiary alicyclic amines) is 1. The van der Waals surface area contributed by atoms with Crippen molar-refractivity contribution in [2.75, 3.05) is 33.7 Å². The van der Waals surface area contributed by atoms with Crippen molar-refractivity contribution in [1.82, 2.24) is 9.80 Å². The van der Waals surface area contributed by atoms with Crippen LogP contribution in [-0.4, -0.2) is 55.1 Å². The third kappa shape index (κ3) is 4.09. The van der Waals surface area contributed by atoms with Gasteiger partial charge in [0.05, 0.1) is 6.07 Å². The molecule has 2 unspecified atom stereocenters. The lowest BCUT2D eigenvalue weighted by Crippen LogP contribution is -2.41. The Bertz CT molecular complexity index is 256. The largest absolute Gasteiger partial charge is 0.314 e. The molecule has 0 amide bonds. The van der Waals surface area contributed by atoms with E-state index in [0.29, 0.717) is 6.04 Å². The van der Waals surface area contributed by atoms with Gasteiger partial charge in [-0.3, -0.25) is 0 Å². The minimum Gasteiger partial charge on any atom is -0.314 e. The molecule has 4 heteroatoms. The van der Waals surface area contributed by atoms with Gasteiger partial charge in [-0.05, 0) is 46.8 Å². The molecule has 0 radical (unpaired) electrons. The maximum Gasteiger partial charge on any atom is 0.102 e. The molecule has 2 atom stereocenters. The van der Waals surface area contributed by atoms with Crippen LogP contribution in [0.1, 0.15) is 26.2 Å². The lowest BCUT2D eigenvalue weighted by molar-refractivity contribution is 0.213. The van der Waals surface area contributed by atoms with Gasteiger partial charge in [-0.25, -0.2) is 0 Å². The number of rotatable bonds is 5. The van der Waals surface area contributed by atoms with E-state index in [1.807, 2.05) is 0 Å². The quantitative estimate of drug-likeness (QED) is 0.745. The molecule has 1 aliphatic heterocycles. The van der Waals surface area contributed by atoms with Crippen LogP contribution in [0.5, 0.6) is 0 Å². The zero-order chi connectivity index (χ0) is 12.2. The maximum atomic E-state index is 8.83. The molecule has 1 rings (SSSR count). The summed E-state index contributed by atoms with van der Waals surface area (Å²) in [6, 6.07) is 2.82. The molecule has 0 aliphatic carbocycles. The average Bonchev–Trinajstić information content (AvgIpc) is 2.62. The summed E-state index contributed by atoms with van der Waals surface area (Å²) in [5, 5.41) is 8.83. The summed E-state index contributed by atoms with van der Waals surface area (Å²) in [6.45, 7) is 4.98. The van der Waals surface area contributed by atoms with Crippen LogP contribution in [0.3, 0.4) is 0 Å². The van der Waals surface area contributed by atoms with Crippen molar-refractivity contribution >= 4 is 0 Å². The van der Waals surface area contributed by atoms with Crippen molar-refractivity contribution in [3.63, 3.8) is 0 Å². The van der Waals surface area contributed by atoms with Crippen LogP contribution in [-0.2, 0) is 0 Å². The van der Waals surface area contributed by atoms with E-state index >= 15 is 0 Å². The van der Waals surface area contributed by atoms with Crippen molar-refractivity contribution in [3.05, 3.63) is 0 Å². The van der Waals surface area contributed by atoms with Gasteiger partial charge in [-0.2, -0.15) is 5.26 Å². The third-order valence-corrected chi connectivity index (χ3v) is 3.46. The Hall–Kier alpha value is -0.630. The highest BCUT2D eigenvalue weighted by Gasteiger charge is 2.23. The van der Waals surface area contributed by atoms with Gasteiger partial charge in [-0.1, -0.05) is 0 Å². The minimum atomic E-state index is -0.685. The summed E-state index contributed by atoms with van der Waals surface area (Å²) in [4.78, 5) is 4.71. The van der Waals surface area contributed by atoms with E-state index in [9.17, 15) is 0 Å². The van der Waals surface area contributed by atoms with E-state index < -0.39 is 5.54 Å². The summed E-state index contributed by atoms with van der Waals surface area (Å²) >= 11 is 0. The molecule has 16 heavy (non-hydrogen) atoms. The number of hydrogen-bond acceptors (Lipinski definition) is 4. The lowest BCUT2D eigenvalue weighted by Gasteiger charge is -2.27. The molecule has 0 aromatic rings. The monoisotopic (exact) mass is 224 g/mol. The van der Waals surface area contributed by atoms with E-state index in [4.69, 9.17) is 11.0 Å². The van der Waals surface area contributed by atoms with E-state index in [1.165, 1.54) is 19.4 Å². The van der Waals surface area contributed by atoms with Crippen LogP contribution >= 0.6 is 0 Å². The SMILES string of the molecule is CN(CCC(C)(N)C#N)CC1CCCN1C. The second-order valence-corrected chi connectivity index (χ2v) is 5.32. The topological polar surface area (TPSA) is 56.3 Å². The standard InChI is InChI=1S/C12H24N4/c1-12(14,10-13)6-8-15(2)9-11-5-4-7-16(11)3/h11H,4-9,14H2,1-3H3. The number of hydrogen-bond donors (Lipinski definition) is 1. The first-order chi connectivity index (χ1) is 7.44. The lowest BCUT2D eigenvalue weighted by atomic mass is 10.0. The van der Waals surface area contributed by atoms with Gasteiger partial charge >= 0.3 is 0 Å². The molecule has 2 N–H and O–H groups in total. The predicted molar refractivity (Wildman–Crippen MR) is 66.0 cm³/mol. The number of nitrogens with zero attached hydrogens (tertiary/aromatic N) is 3. The molecule has 4 nitrogen and oxygen atoms in total. The molecular formula is C12H24N4. The highest BCUT2D eigenvalue weighted by Crippen LogP contribution is 2.15. The van der Waals surface area contributed by atoms with E-state index in [0.717, 1.165) is 19.5 Å². The van der Waals surface area contributed by atoms with Crippen LogP contribution in [0, 0.1) is 11.3 Å². The highest BCUT2D eigenvalue weighted by molar-refractivity contribution is 5.01. The first-order valence-corrected chi connectivity index (χ1v) is 6.03. The van der Waals surface area contributed by atoms with Crippen LogP contribution in [0.25, 0.3) is 0 Å². The van der Waals surface area contributed by atoms with Crippen LogP contribution in [0.15, 0.2) is 0 Å². The van der Waals surface area contributed by atoms with Gasteiger partial charge in [0.2, 0.25) is 0 Å². The summed E-state index contributed by atoms with van der Waals surface area (Å²) in [5.41, 5.74) is 5.12. The van der Waals surface area contributed by atoms with Gasteiger partial charge in [0.1, 0.15) is 5.54 Å². The van der Waals surface area contributed by atoms with E-state index in [2.05, 4.69) is 30.0 Å². The van der Waals surface area contributed by atoms with Gasteiger partial charge in [0.15, 0.2) is 0 Å². The van der Waals surface area contributed by atoms with Crippen LogP contribution in [0.2, 0.25) is 0 Å². The molecule has 1 saturated heterocycles. The average molecular weight is 224 g/mol. The molecule has 0 aromatic carbocycles. The van der Waals surface area contributed by atoms with E-state index in [-0.39, 0.29) is 0 Å². The van der Waals surface area contributed by atoms with Gasteiger partial charge in [0, 0.05) is 19.1 Å². The zero-order valence-corrected chi connectivity index (χ0v) is 10.7. The molecular weight excluding hydrogens is 200 g/mol. The fraction of sp³-hybridized carbons (Fsp3) is 0.917. The van der Waals surface area contributed by atoms with Crippen LogP contribution < -0.4 is 5.73 Å². The normalized spacial score (nSPS) is 25.6. The smallest absolute Gasteiger partial charge is 0.102 e. The fourth-order valence-electron chi connectivity index (χ4n) is 2.14. The fourth-order valence-corrected chi connectivity index (χ4v) is 2.14. The number of nitrogens with two attached hydrogens (primary N) is 1. The minimum absolute atomic E-state index is 0.677.